The molecule has 1 aromatic heterocycles. The van der Waals surface area contributed by atoms with Gasteiger partial charge >= 0.3 is 6.09 Å². The van der Waals surface area contributed by atoms with Gasteiger partial charge in [0.2, 0.25) is 5.28 Å². The zero-order valence-corrected chi connectivity index (χ0v) is 18.6. The van der Waals surface area contributed by atoms with Crippen LogP contribution in [-0.4, -0.2) is 59.3 Å². The maximum Gasteiger partial charge on any atom is 0.410 e. The molecule has 2 heterocycles. The fourth-order valence-electron chi connectivity index (χ4n) is 2.92. The number of aromatic amines is 1. The molecule has 29 heavy (non-hydrogen) atoms. The minimum Gasteiger partial charge on any atom is -0.489 e. The van der Waals surface area contributed by atoms with E-state index in [1.165, 1.54) is 0 Å². The molecule has 1 saturated heterocycles. The summed E-state index contributed by atoms with van der Waals surface area (Å²) in [5.74, 6) is -0.840. The first kappa shape index (κ1) is 22.1. The van der Waals surface area contributed by atoms with Crippen LogP contribution in [0, 0.1) is 5.82 Å². The number of carbonyl (C=O) groups excluding carboxylic acids is 1. The Morgan fingerprint density at radius 3 is 2.86 bits per heavy atom. The first-order valence-electron chi connectivity index (χ1n) is 8.76. The van der Waals surface area contributed by atoms with Crippen LogP contribution in [0.1, 0.15) is 13.8 Å². The molecule has 2 aromatic rings. The van der Waals surface area contributed by atoms with E-state index in [9.17, 15) is 14.0 Å². The number of benzene rings is 1. The number of ether oxygens (including phenoxy) is 2. The number of piperazine rings is 1. The molecule has 0 unspecified atom stereocenters. The number of nitrogens with zero attached hydrogens (tertiary/aromatic N) is 2. The van der Waals surface area contributed by atoms with Crippen LogP contribution < -0.4 is 15.6 Å². The maximum atomic E-state index is 14.5. The van der Waals surface area contributed by atoms with Crippen molar-refractivity contribution in [2.75, 3.05) is 26.2 Å². The summed E-state index contributed by atoms with van der Waals surface area (Å²) in [5, 5.41) is 2.72. The monoisotopic (exact) mass is 510 g/mol. The van der Waals surface area contributed by atoms with E-state index in [4.69, 9.17) is 32.7 Å². The van der Waals surface area contributed by atoms with Crippen molar-refractivity contribution in [3.8, 4) is 5.75 Å². The van der Waals surface area contributed by atoms with Crippen molar-refractivity contribution in [1.82, 2.24) is 20.2 Å². The van der Waals surface area contributed by atoms with Gasteiger partial charge in [0.1, 0.15) is 22.5 Å². The molecule has 0 radical (unpaired) electrons. The Balaban J connectivity index is 1.84. The Labute approximate surface area is 183 Å². The Morgan fingerprint density at radius 1 is 1.45 bits per heavy atom. The molecular weight excluding hydrogens is 494 g/mol. The van der Waals surface area contributed by atoms with E-state index in [1.54, 1.807) is 18.7 Å². The smallest absolute Gasteiger partial charge is 0.410 e. The Kier molecular flexibility index (Phi) is 6.87. The molecule has 1 aromatic carbocycles. The van der Waals surface area contributed by atoms with Crippen LogP contribution in [0.2, 0.25) is 10.3 Å². The lowest BCUT2D eigenvalue weighted by Crippen LogP contribution is -2.55. The average molecular weight is 512 g/mol. The molecule has 0 spiro atoms. The SMILES string of the molecule is CC(C)OC(=O)N1CCN[C@H](COc2c(Cl)c(Br)c(F)c3nc(Cl)[nH]c(=O)c23)C1. The molecular formula is C17H18BrCl2FN4O4. The van der Waals surface area contributed by atoms with E-state index >= 15 is 0 Å². The topological polar surface area (TPSA) is 96.5 Å². The lowest BCUT2D eigenvalue weighted by atomic mass is 10.2. The van der Waals surface area contributed by atoms with E-state index in [1.807, 2.05) is 0 Å². The summed E-state index contributed by atoms with van der Waals surface area (Å²) in [7, 11) is 0. The van der Waals surface area contributed by atoms with Crippen molar-refractivity contribution in [3.05, 3.63) is 30.9 Å². The van der Waals surface area contributed by atoms with Gasteiger partial charge in [0.25, 0.3) is 5.56 Å². The number of rotatable bonds is 4. The first-order chi connectivity index (χ1) is 13.7. The number of hydrogen-bond acceptors (Lipinski definition) is 6. The molecule has 3 rings (SSSR count). The second-order valence-corrected chi connectivity index (χ2v) is 8.22. The highest BCUT2D eigenvalue weighted by molar-refractivity contribution is 9.10. The average Bonchev–Trinajstić information content (AvgIpc) is 2.66. The predicted octanol–water partition coefficient (Wildman–Crippen LogP) is 3.33. The van der Waals surface area contributed by atoms with Gasteiger partial charge in [0, 0.05) is 19.6 Å². The molecule has 0 saturated carbocycles. The summed E-state index contributed by atoms with van der Waals surface area (Å²) in [6.45, 7) is 5.00. The molecule has 12 heteroatoms. The van der Waals surface area contributed by atoms with Gasteiger partial charge in [-0.05, 0) is 41.4 Å². The van der Waals surface area contributed by atoms with Gasteiger partial charge in [-0.2, -0.15) is 0 Å². The van der Waals surface area contributed by atoms with Gasteiger partial charge in [0.15, 0.2) is 11.6 Å². The van der Waals surface area contributed by atoms with Crippen LogP contribution in [0.5, 0.6) is 5.75 Å². The predicted molar refractivity (Wildman–Crippen MR) is 111 cm³/mol. The summed E-state index contributed by atoms with van der Waals surface area (Å²) in [6, 6.07) is -0.252. The van der Waals surface area contributed by atoms with Crippen LogP contribution in [0.25, 0.3) is 10.9 Å². The van der Waals surface area contributed by atoms with Crippen molar-refractivity contribution in [1.29, 1.82) is 0 Å². The number of aromatic nitrogens is 2. The van der Waals surface area contributed by atoms with Crippen molar-refractivity contribution in [2.24, 2.45) is 0 Å². The summed E-state index contributed by atoms with van der Waals surface area (Å²) >= 11 is 15.0. The van der Waals surface area contributed by atoms with E-state index in [-0.39, 0.29) is 50.2 Å². The summed E-state index contributed by atoms with van der Waals surface area (Å²) < 4.78 is 25.4. The Bertz CT molecular complexity index is 1000. The Morgan fingerprint density at radius 2 is 2.17 bits per heavy atom. The van der Waals surface area contributed by atoms with Crippen molar-refractivity contribution < 1.29 is 18.7 Å². The second kappa shape index (κ2) is 9.03. The number of carbonyl (C=O) groups is 1. The Hall–Kier alpha value is -1.62. The van der Waals surface area contributed by atoms with Crippen molar-refractivity contribution in [3.63, 3.8) is 0 Å². The molecule has 0 bridgehead atoms. The summed E-state index contributed by atoms with van der Waals surface area (Å²) in [4.78, 5) is 32.2. The van der Waals surface area contributed by atoms with E-state index in [2.05, 4.69) is 31.2 Å². The first-order valence-corrected chi connectivity index (χ1v) is 10.3. The van der Waals surface area contributed by atoms with Crippen LogP contribution >= 0.6 is 39.1 Å². The number of H-pyrrole nitrogens is 1. The third kappa shape index (κ3) is 4.76. The van der Waals surface area contributed by atoms with Gasteiger partial charge in [-0.3, -0.25) is 9.78 Å². The molecule has 1 fully saturated rings. The number of nitrogens with one attached hydrogen (secondary N) is 2. The quantitative estimate of drug-likeness (QED) is 0.482. The highest BCUT2D eigenvalue weighted by Crippen LogP contribution is 2.40. The molecule has 158 valence electrons. The van der Waals surface area contributed by atoms with Crippen LogP contribution in [0.15, 0.2) is 9.27 Å². The van der Waals surface area contributed by atoms with E-state index in [0.29, 0.717) is 19.6 Å². The fraction of sp³-hybridized carbons (Fsp3) is 0.471. The fourth-order valence-corrected chi connectivity index (χ4v) is 3.69. The van der Waals surface area contributed by atoms with Crippen LogP contribution in [-0.2, 0) is 4.74 Å². The normalized spacial score (nSPS) is 17.1. The lowest BCUT2D eigenvalue weighted by molar-refractivity contribution is 0.0636. The summed E-state index contributed by atoms with van der Waals surface area (Å²) in [5.41, 5.74) is -0.939. The van der Waals surface area contributed by atoms with E-state index in [0.717, 1.165) is 0 Å². The van der Waals surface area contributed by atoms with Crippen LogP contribution in [0.4, 0.5) is 9.18 Å². The lowest BCUT2D eigenvalue weighted by Gasteiger charge is -2.33. The molecule has 2 N–H and O–H groups in total. The van der Waals surface area contributed by atoms with Crippen LogP contribution in [0.3, 0.4) is 0 Å². The van der Waals surface area contributed by atoms with Gasteiger partial charge in [-0.25, -0.2) is 14.2 Å². The highest BCUT2D eigenvalue weighted by Gasteiger charge is 2.27. The zero-order chi connectivity index (χ0) is 21.3. The number of amides is 1. The standard InChI is InChI=1S/C17H18BrCl2FN4O4/c1-7(2)29-17(27)25-4-3-22-8(5-25)6-28-14-9-13(12(21)10(18)11(14)19)23-16(20)24-15(9)26/h7-8,22H,3-6H2,1-2H3,(H,23,24,26)/t8-/m0/s1. The third-order valence-corrected chi connectivity index (χ3v) is 5.70. The third-order valence-electron chi connectivity index (χ3n) is 4.19. The number of fused-ring (bicyclic) bond motifs is 1. The number of halogens is 4. The van der Waals surface area contributed by atoms with Gasteiger partial charge in [-0.1, -0.05) is 11.6 Å². The second-order valence-electron chi connectivity index (χ2n) is 6.69. The van der Waals surface area contributed by atoms with Gasteiger partial charge < -0.3 is 19.7 Å². The highest BCUT2D eigenvalue weighted by atomic mass is 79.9. The molecule has 1 aliphatic heterocycles. The maximum absolute atomic E-state index is 14.5. The molecule has 1 amide bonds. The molecule has 8 nitrogen and oxygen atoms in total. The summed E-state index contributed by atoms with van der Waals surface area (Å²) in [6.07, 6.45) is -0.630. The molecule has 1 aliphatic rings. The van der Waals surface area contributed by atoms with E-state index < -0.39 is 17.5 Å². The largest absolute Gasteiger partial charge is 0.489 e. The van der Waals surface area contributed by atoms with Gasteiger partial charge in [0.05, 0.1) is 16.6 Å². The zero-order valence-electron chi connectivity index (χ0n) is 15.5. The van der Waals surface area contributed by atoms with Gasteiger partial charge in [-0.15, -0.1) is 0 Å². The minimum absolute atomic E-state index is 0.0240. The minimum atomic E-state index is -0.816. The van der Waals surface area contributed by atoms with Crippen molar-refractivity contribution >= 4 is 56.1 Å². The van der Waals surface area contributed by atoms with Crippen molar-refractivity contribution in [2.45, 2.75) is 26.0 Å². The number of hydrogen-bond donors (Lipinski definition) is 2. The molecule has 0 aliphatic carbocycles. The molecule has 1 atom stereocenters.